The van der Waals surface area contributed by atoms with E-state index in [-0.39, 0.29) is 37.0 Å². The molecule has 39 heavy (non-hydrogen) atoms. The third-order valence-electron chi connectivity index (χ3n) is 7.53. The van der Waals surface area contributed by atoms with Gasteiger partial charge in [0.15, 0.2) is 0 Å². The van der Waals surface area contributed by atoms with Gasteiger partial charge in [-0.2, -0.15) is 17.6 Å². The minimum atomic E-state index is -4.25. The van der Waals surface area contributed by atoms with Crippen molar-refractivity contribution in [2.45, 2.75) is 37.8 Å². The number of fused-ring (bicyclic) bond motifs is 2. The van der Waals surface area contributed by atoms with E-state index in [0.717, 1.165) is 11.1 Å². The van der Waals surface area contributed by atoms with Crippen LogP contribution in [0.1, 0.15) is 34.3 Å². The number of piperidine rings is 1. The molecule has 11 heteroatoms. The van der Waals surface area contributed by atoms with Gasteiger partial charge in [-0.15, -0.1) is 0 Å². The van der Waals surface area contributed by atoms with Gasteiger partial charge in [-0.3, -0.25) is 9.69 Å². The van der Waals surface area contributed by atoms with Gasteiger partial charge in [0.05, 0.1) is 13.2 Å². The summed E-state index contributed by atoms with van der Waals surface area (Å²) in [6, 6.07) is 12.2. The quantitative estimate of drug-likeness (QED) is 0.369. The lowest BCUT2D eigenvalue weighted by atomic mass is 9.93. The highest BCUT2D eigenvalue weighted by Crippen LogP contribution is 2.40. The van der Waals surface area contributed by atoms with Crippen LogP contribution in [0, 0.1) is 5.95 Å². The molecule has 0 unspecified atom stereocenters. The second-order valence-corrected chi connectivity index (χ2v) is 10.2. The Hall–Kier alpha value is -3.70. The Balaban J connectivity index is 1.25. The average Bonchev–Trinajstić information content (AvgIpc) is 2.89. The number of alkyl halides is 3. The Morgan fingerprint density at radius 1 is 1.00 bits per heavy atom. The van der Waals surface area contributed by atoms with E-state index in [0.29, 0.717) is 53.8 Å². The zero-order valence-corrected chi connectivity index (χ0v) is 20.9. The molecule has 0 radical (unpaired) electrons. The van der Waals surface area contributed by atoms with E-state index < -0.39 is 24.5 Å². The monoisotopic (exact) mass is 542 g/mol. The van der Waals surface area contributed by atoms with Crippen molar-refractivity contribution in [1.29, 1.82) is 0 Å². The van der Waals surface area contributed by atoms with E-state index in [4.69, 9.17) is 15.2 Å². The number of anilines is 1. The molecule has 3 aliphatic rings. The van der Waals surface area contributed by atoms with Gasteiger partial charge in [-0.25, -0.2) is 4.98 Å². The Kier molecular flexibility index (Phi) is 6.22. The predicted octanol–water partition coefficient (Wildman–Crippen LogP) is 4.69. The average molecular weight is 543 g/mol. The Bertz CT molecular complexity index is 1450. The van der Waals surface area contributed by atoms with Crippen LogP contribution in [0.15, 0.2) is 42.5 Å². The number of pyridine rings is 1. The number of halogens is 4. The fourth-order valence-electron chi connectivity index (χ4n) is 5.48. The molecular formula is C28H26F4N4O3. The van der Waals surface area contributed by atoms with Crippen LogP contribution >= 0.6 is 0 Å². The third kappa shape index (κ3) is 5.04. The fraction of sp³-hybridized carbons (Fsp3) is 0.357. The number of aromatic nitrogens is 1. The first kappa shape index (κ1) is 25.6. The molecule has 0 saturated carbocycles. The van der Waals surface area contributed by atoms with Crippen LogP contribution in [-0.2, 0) is 17.8 Å². The zero-order chi connectivity index (χ0) is 27.4. The van der Waals surface area contributed by atoms with Crippen LogP contribution < -0.4 is 15.8 Å². The number of carbonyl (C=O) groups is 1. The van der Waals surface area contributed by atoms with Crippen molar-refractivity contribution in [3.05, 3.63) is 65.1 Å². The van der Waals surface area contributed by atoms with Gasteiger partial charge < -0.3 is 20.5 Å². The van der Waals surface area contributed by atoms with Crippen LogP contribution in [0.2, 0.25) is 0 Å². The summed E-state index contributed by atoms with van der Waals surface area (Å²) in [5, 5.41) is 2.81. The molecule has 1 amide bonds. The molecule has 0 bridgehead atoms. The molecular weight excluding hydrogens is 516 g/mol. The van der Waals surface area contributed by atoms with Crippen molar-refractivity contribution in [2.75, 3.05) is 31.9 Å². The molecule has 1 fully saturated rings. The molecule has 4 heterocycles. The molecule has 0 atom stereocenters. The first-order valence-corrected chi connectivity index (χ1v) is 12.7. The molecule has 0 aliphatic carbocycles. The molecule has 3 aromatic rings. The highest BCUT2D eigenvalue weighted by atomic mass is 19.4. The van der Waals surface area contributed by atoms with Crippen molar-refractivity contribution in [1.82, 2.24) is 15.2 Å². The van der Waals surface area contributed by atoms with E-state index in [9.17, 15) is 18.0 Å². The van der Waals surface area contributed by atoms with E-state index >= 15 is 4.39 Å². The largest absolute Gasteiger partial charge is 0.462 e. The molecule has 2 aromatic carbocycles. The lowest BCUT2D eigenvalue weighted by molar-refractivity contribution is -0.234. The molecule has 3 aliphatic heterocycles. The number of nitrogens with zero attached hydrogens (tertiary/aromatic N) is 2. The number of carbonyl (C=O) groups excluding carboxylic acids is 1. The minimum absolute atomic E-state index is 0.0416. The number of nitrogen functional groups attached to an aromatic ring is 1. The number of nitrogens with one attached hydrogen (secondary N) is 1. The Morgan fingerprint density at radius 2 is 1.72 bits per heavy atom. The summed E-state index contributed by atoms with van der Waals surface area (Å²) < 4.78 is 65.4. The summed E-state index contributed by atoms with van der Waals surface area (Å²) in [5.41, 5.74) is 10.4. The molecule has 1 spiro atoms. The highest BCUT2D eigenvalue weighted by molar-refractivity contribution is 5.97. The summed E-state index contributed by atoms with van der Waals surface area (Å²) in [5.74, 6) is -1.21. The van der Waals surface area contributed by atoms with E-state index in [1.54, 1.807) is 36.4 Å². The summed E-state index contributed by atoms with van der Waals surface area (Å²) >= 11 is 0. The smallest absolute Gasteiger partial charge is 0.401 e. The molecule has 7 nitrogen and oxygen atoms in total. The van der Waals surface area contributed by atoms with E-state index in [1.165, 1.54) is 4.90 Å². The van der Waals surface area contributed by atoms with Crippen molar-refractivity contribution in [3.8, 4) is 28.0 Å². The van der Waals surface area contributed by atoms with Gasteiger partial charge in [-0.05, 0) is 47.4 Å². The Morgan fingerprint density at radius 3 is 2.49 bits per heavy atom. The standard InChI is InChI=1S/C28H26F4N4O3/c29-24-21(13-22(25(33)35-24)17-1-3-20-18(11-17)5-8-34-26(20)37)16-2-4-23-19(12-16)14-38-27(39-23)6-9-36(10-7-27)15-28(30,31)32/h1-4,11-13H,5-10,14-15H2,(H2,33,35)(H,34,37). The fourth-order valence-corrected chi connectivity index (χ4v) is 5.48. The normalized spacial score (nSPS) is 18.7. The van der Waals surface area contributed by atoms with Crippen LogP contribution in [-0.4, -0.2) is 53.9 Å². The van der Waals surface area contributed by atoms with Gasteiger partial charge in [0.25, 0.3) is 5.91 Å². The zero-order valence-electron chi connectivity index (χ0n) is 20.9. The van der Waals surface area contributed by atoms with Gasteiger partial charge in [0.2, 0.25) is 11.7 Å². The number of hydrogen-bond acceptors (Lipinski definition) is 6. The lowest BCUT2D eigenvalue weighted by Gasteiger charge is -2.44. The van der Waals surface area contributed by atoms with Gasteiger partial charge in [0, 0.05) is 54.7 Å². The number of rotatable bonds is 3. The van der Waals surface area contributed by atoms with Crippen LogP contribution in [0.25, 0.3) is 22.3 Å². The van der Waals surface area contributed by atoms with Crippen molar-refractivity contribution in [2.24, 2.45) is 0 Å². The summed E-state index contributed by atoms with van der Waals surface area (Å²) in [4.78, 5) is 17.4. The van der Waals surface area contributed by atoms with Crippen molar-refractivity contribution >= 4 is 11.7 Å². The Labute approximate surface area is 221 Å². The van der Waals surface area contributed by atoms with E-state index in [2.05, 4.69) is 10.3 Å². The molecule has 3 N–H and O–H groups in total. The van der Waals surface area contributed by atoms with Crippen molar-refractivity contribution < 1.29 is 31.8 Å². The number of amides is 1. The first-order chi connectivity index (χ1) is 18.6. The number of benzene rings is 2. The topological polar surface area (TPSA) is 89.7 Å². The first-order valence-electron chi connectivity index (χ1n) is 12.7. The summed E-state index contributed by atoms with van der Waals surface area (Å²) in [7, 11) is 0. The van der Waals surface area contributed by atoms with Gasteiger partial charge in [-0.1, -0.05) is 18.2 Å². The van der Waals surface area contributed by atoms with E-state index in [1.807, 2.05) is 6.07 Å². The highest BCUT2D eigenvalue weighted by Gasteiger charge is 2.43. The summed E-state index contributed by atoms with van der Waals surface area (Å²) in [6.07, 6.45) is -2.94. The van der Waals surface area contributed by atoms with Gasteiger partial charge in [0.1, 0.15) is 11.6 Å². The second kappa shape index (κ2) is 9.49. The lowest BCUT2D eigenvalue weighted by Crippen LogP contribution is -2.52. The number of nitrogens with two attached hydrogens (primary N) is 1. The van der Waals surface area contributed by atoms with Crippen LogP contribution in [0.3, 0.4) is 0 Å². The maximum atomic E-state index is 15.0. The maximum absolute atomic E-state index is 15.0. The third-order valence-corrected chi connectivity index (χ3v) is 7.53. The second-order valence-electron chi connectivity index (χ2n) is 10.2. The minimum Gasteiger partial charge on any atom is -0.462 e. The van der Waals surface area contributed by atoms with Crippen LogP contribution in [0.4, 0.5) is 23.4 Å². The number of hydrogen-bond donors (Lipinski definition) is 2. The number of ether oxygens (including phenoxy) is 2. The molecule has 1 aromatic heterocycles. The molecule has 6 rings (SSSR count). The summed E-state index contributed by atoms with van der Waals surface area (Å²) in [6.45, 7) is 0.208. The maximum Gasteiger partial charge on any atom is 0.401 e. The van der Waals surface area contributed by atoms with Gasteiger partial charge >= 0.3 is 6.18 Å². The molecule has 1 saturated heterocycles. The molecule has 204 valence electrons. The van der Waals surface area contributed by atoms with Crippen molar-refractivity contribution in [3.63, 3.8) is 0 Å². The number of likely N-dealkylation sites (tertiary alicyclic amines) is 1. The SMILES string of the molecule is Nc1nc(F)c(-c2ccc3c(c2)COC2(CCN(CC(F)(F)F)CC2)O3)cc1-c1ccc2c(c1)CCNC2=O. The van der Waals surface area contributed by atoms with Crippen LogP contribution in [0.5, 0.6) is 5.75 Å². The predicted molar refractivity (Wildman–Crippen MR) is 135 cm³/mol.